The standard InChI is InChI=1S/C21H18N2O3/c22-21(25)17-7-4-8-18(13-17)23-20(24)14-26-19-11-9-16(10-12-19)15-5-2-1-3-6-15/h1-13H,14H2,(H2,22,25)(H,23,24). The van der Waals surface area contributed by atoms with Crippen molar-refractivity contribution >= 4 is 17.5 Å². The Hall–Kier alpha value is -3.60. The van der Waals surface area contributed by atoms with Gasteiger partial charge in [-0.2, -0.15) is 0 Å². The second-order valence-corrected chi connectivity index (χ2v) is 5.67. The van der Waals surface area contributed by atoms with Crippen LogP contribution in [0.3, 0.4) is 0 Å². The molecule has 0 aromatic heterocycles. The molecule has 0 aliphatic heterocycles. The van der Waals surface area contributed by atoms with Crippen LogP contribution in [0.15, 0.2) is 78.9 Å². The fraction of sp³-hybridized carbons (Fsp3) is 0.0476. The van der Waals surface area contributed by atoms with Gasteiger partial charge in [0.1, 0.15) is 5.75 Å². The number of carbonyl (C=O) groups excluding carboxylic acids is 2. The minimum Gasteiger partial charge on any atom is -0.484 e. The topological polar surface area (TPSA) is 81.4 Å². The summed E-state index contributed by atoms with van der Waals surface area (Å²) in [6, 6.07) is 24.0. The van der Waals surface area contributed by atoms with Gasteiger partial charge in [0.05, 0.1) is 0 Å². The minimum atomic E-state index is -0.546. The number of primary amides is 1. The molecule has 3 aromatic rings. The number of nitrogens with two attached hydrogens (primary N) is 1. The Morgan fingerprint density at radius 3 is 2.23 bits per heavy atom. The van der Waals surface area contributed by atoms with E-state index in [-0.39, 0.29) is 12.5 Å². The highest BCUT2D eigenvalue weighted by Gasteiger charge is 2.06. The Morgan fingerprint density at radius 1 is 0.846 bits per heavy atom. The molecule has 0 bridgehead atoms. The highest BCUT2D eigenvalue weighted by atomic mass is 16.5. The molecule has 3 N–H and O–H groups in total. The first-order valence-corrected chi connectivity index (χ1v) is 8.10. The summed E-state index contributed by atoms with van der Waals surface area (Å²) in [6.07, 6.45) is 0. The normalized spacial score (nSPS) is 10.2. The molecule has 0 unspecified atom stereocenters. The fourth-order valence-corrected chi connectivity index (χ4v) is 2.47. The molecule has 0 spiro atoms. The third-order valence-electron chi connectivity index (χ3n) is 3.76. The van der Waals surface area contributed by atoms with Crippen molar-refractivity contribution in [3.63, 3.8) is 0 Å². The van der Waals surface area contributed by atoms with Crippen molar-refractivity contribution in [3.05, 3.63) is 84.4 Å². The summed E-state index contributed by atoms with van der Waals surface area (Å²) in [6.45, 7) is -0.133. The van der Waals surface area contributed by atoms with Crippen LogP contribution >= 0.6 is 0 Å². The van der Waals surface area contributed by atoms with Gasteiger partial charge in [-0.15, -0.1) is 0 Å². The van der Waals surface area contributed by atoms with Crippen molar-refractivity contribution in [2.45, 2.75) is 0 Å². The number of hydrogen-bond donors (Lipinski definition) is 2. The van der Waals surface area contributed by atoms with Gasteiger partial charge in [-0.3, -0.25) is 9.59 Å². The Kier molecular flexibility index (Phi) is 5.29. The maximum absolute atomic E-state index is 12.0. The number of benzene rings is 3. The van der Waals surface area contributed by atoms with Gasteiger partial charge in [0.2, 0.25) is 5.91 Å². The SMILES string of the molecule is NC(=O)c1cccc(NC(=O)COc2ccc(-c3ccccc3)cc2)c1. The Bertz CT molecular complexity index is 906. The number of hydrogen-bond acceptors (Lipinski definition) is 3. The molecule has 130 valence electrons. The molecular weight excluding hydrogens is 328 g/mol. The molecule has 0 fully saturated rings. The average molecular weight is 346 g/mol. The Balaban J connectivity index is 1.56. The predicted molar refractivity (Wildman–Crippen MR) is 101 cm³/mol. The van der Waals surface area contributed by atoms with E-state index in [1.807, 2.05) is 54.6 Å². The summed E-state index contributed by atoms with van der Waals surface area (Å²) in [4.78, 5) is 23.2. The zero-order valence-electron chi connectivity index (χ0n) is 14.0. The Morgan fingerprint density at radius 2 is 1.54 bits per heavy atom. The first kappa shape index (κ1) is 17.2. The van der Waals surface area contributed by atoms with Crippen LogP contribution in [-0.2, 0) is 4.79 Å². The summed E-state index contributed by atoms with van der Waals surface area (Å²) in [5, 5.41) is 2.67. The second kappa shape index (κ2) is 7.98. The van der Waals surface area contributed by atoms with Crippen LogP contribution in [0, 0.1) is 0 Å². The number of carbonyl (C=O) groups is 2. The summed E-state index contributed by atoms with van der Waals surface area (Å²) in [5.41, 5.74) is 8.25. The summed E-state index contributed by atoms with van der Waals surface area (Å²) in [7, 11) is 0. The fourth-order valence-electron chi connectivity index (χ4n) is 2.47. The molecule has 0 heterocycles. The molecule has 0 aliphatic carbocycles. The number of amides is 2. The van der Waals surface area contributed by atoms with E-state index in [2.05, 4.69) is 5.32 Å². The van der Waals surface area contributed by atoms with E-state index in [0.29, 0.717) is 17.0 Å². The Labute approximate surface area is 151 Å². The summed E-state index contributed by atoms with van der Waals surface area (Å²) < 4.78 is 5.50. The lowest BCUT2D eigenvalue weighted by atomic mass is 10.1. The van der Waals surface area contributed by atoms with Gasteiger partial charge in [0.25, 0.3) is 5.91 Å². The van der Waals surface area contributed by atoms with Gasteiger partial charge in [0.15, 0.2) is 6.61 Å². The molecule has 3 rings (SSSR count). The van der Waals surface area contributed by atoms with Crippen LogP contribution in [0.2, 0.25) is 0 Å². The maximum atomic E-state index is 12.0. The first-order chi connectivity index (χ1) is 12.6. The van der Waals surface area contributed by atoms with Crippen LogP contribution in [0.25, 0.3) is 11.1 Å². The van der Waals surface area contributed by atoms with E-state index < -0.39 is 5.91 Å². The largest absolute Gasteiger partial charge is 0.484 e. The third-order valence-corrected chi connectivity index (χ3v) is 3.76. The zero-order chi connectivity index (χ0) is 18.4. The molecular formula is C21H18N2O3. The molecule has 5 heteroatoms. The van der Waals surface area contributed by atoms with Crippen LogP contribution in [0.4, 0.5) is 5.69 Å². The zero-order valence-corrected chi connectivity index (χ0v) is 14.0. The van der Waals surface area contributed by atoms with Gasteiger partial charge in [-0.1, -0.05) is 48.5 Å². The van der Waals surface area contributed by atoms with Crippen LogP contribution in [-0.4, -0.2) is 18.4 Å². The van der Waals surface area contributed by atoms with Gasteiger partial charge >= 0.3 is 0 Å². The number of ether oxygens (including phenoxy) is 1. The highest BCUT2D eigenvalue weighted by molar-refractivity contribution is 5.96. The van der Waals surface area contributed by atoms with E-state index >= 15 is 0 Å². The third kappa shape index (κ3) is 4.48. The van der Waals surface area contributed by atoms with Crippen molar-refractivity contribution < 1.29 is 14.3 Å². The van der Waals surface area contributed by atoms with Crippen LogP contribution in [0.5, 0.6) is 5.75 Å². The van der Waals surface area contributed by atoms with Gasteiger partial charge in [0, 0.05) is 11.3 Å². The van der Waals surface area contributed by atoms with E-state index in [9.17, 15) is 9.59 Å². The van der Waals surface area contributed by atoms with Crippen molar-refractivity contribution in [1.82, 2.24) is 0 Å². The molecule has 26 heavy (non-hydrogen) atoms. The second-order valence-electron chi connectivity index (χ2n) is 5.67. The average Bonchev–Trinajstić information content (AvgIpc) is 2.68. The van der Waals surface area contributed by atoms with E-state index in [0.717, 1.165) is 11.1 Å². The van der Waals surface area contributed by atoms with Crippen molar-refractivity contribution in [2.24, 2.45) is 5.73 Å². The van der Waals surface area contributed by atoms with Crippen molar-refractivity contribution in [2.75, 3.05) is 11.9 Å². The molecule has 0 saturated carbocycles. The lowest BCUT2D eigenvalue weighted by molar-refractivity contribution is -0.118. The highest BCUT2D eigenvalue weighted by Crippen LogP contribution is 2.22. The van der Waals surface area contributed by atoms with Gasteiger partial charge in [-0.05, 0) is 41.5 Å². The minimum absolute atomic E-state index is 0.133. The summed E-state index contributed by atoms with van der Waals surface area (Å²) >= 11 is 0. The lowest BCUT2D eigenvalue weighted by Gasteiger charge is -2.09. The lowest BCUT2D eigenvalue weighted by Crippen LogP contribution is -2.20. The molecule has 2 amide bonds. The monoisotopic (exact) mass is 346 g/mol. The molecule has 5 nitrogen and oxygen atoms in total. The van der Waals surface area contributed by atoms with Crippen LogP contribution < -0.4 is 15.8 Å². The molecule has 3 aromatic carbocycles. The summed E-state index contributed by atoms with van der Waals surface area (Å²) in [5.74, 6) is -0.264. The van der Waals surface area contributed by atoms with E-state index in [1.54, 1.807) is 18.2 Å². The maximum Gasteiger partial charge on any atom is 0.262 e. The van der Waals surface area contributed by atoms with Crippen molar-refractivity contribution in [1.29, 1.82) is 0 Å². The molecule has 0 atom stereocenters. The number of anilines is 1. The first-order valence-electron chi connectivity index (χ1n) is 8.10. The van der Waals surface area contributed by atoms with Gasteiger partial charge < -0.3 is 15.8 Å². The molecule has 0 aliphatic rings. The predicted octanol–water partition coefficient (Wildman–Crippen LogP) is 3.47. The quantitative estimate of drug-likeness (QED) is 0.717. The van der Waals surface area contributed by atoms with Crippen molar-refractivity contribution in [3.8, 4) is 16.9 Å². The smallest absolute Gasteiger partial charge is 0.262 e. The molecule has 0 radical (unpaired) electrons. The van der Waals surface area contributed by atoms with E-state index in [1.165, 1.54) is 6.07 Å². The number of nitrogens with one attached hydrogen (secondary N) is 1. The number of rotatable bonds is 6. The van der Waals surface area contributed by atoms with Gasteiger partial charge in [-0.25, -0.2) is 0 Å². The molecule has 0 saturated heterocycles. The van der Waals surface area contributed by atoms with E-state index in [4.69, 9.17) is 10.5 Å². The van der Waals surface area contributed by atoms with Crippen LogP contribution in [0.1, 0.15) is 10.4 Å².